The second kappa shape index (κ2) is 8.30. The van der Waals surface area contributed by atoms with Crippen LogP contribution in [0, 0.1) is 11.6 Å². The Morgan fingerprint density at radius 3 is 2.64 bits per heavy atom. The summed E-state index contributed by atoms with van der Waals surface area (Å²) in [6.45, 7) is 1.53. The van der Waals surface area contributed by atoms with Crippen molar-refractivity contribution >= 4 is 28.4 Å². The van der Waals surface area contributed by atoms with Gasteiger partial charge in [-0.05, 0) is 36.3 Å². The highest BCUT2D eigenvalue weighted by atomic mass is 19.4. The van der Waals surface area contributed by atoms with Gasteiger partial charge in [-0.1, -0.05) is 6.07 Å². The number of hydrogen-bond donors (Lipinski definition) is 3. The van der Waals surface area contributed by atoms with Crippen LogP contribution in [-0.2, 0) is 15.8 Å². The summed E-state index contributed by atoms with van der Waals surface area (Å²) in [6.07, 6.45) is -3.87. The van der Waals surface area contributed by atoms with Crippen LogP contribution in [0.2, 0.25) is 0 Å². The molecule has 2 heterocycles. The summed E-state index contributed by atoms with van der Waals surface area (Å²) in [5.74, 6) is -4.01. The number of aromatic nitrogens is 2. The van der Waals surface area contributed by atoms with Crippen molar-refractivity contribution in [2.45, 2.75) is 31.9 Å². The van der Waals surface area contributed by atoms with E-state index in [1.54, 1.807) is 0 Å². The van der Waals surface area contributed by atoms with E-state index in [4.69, 9.17) is 0 Å². The fourth-order valence-electron chi connectivity index (χ4n) is 3.89. The van der Waals surface area contributed by atoms with Gasteiger partial charge < -0.3 is 10.6 Å². The molecule has 0 fully saturated rings. The Kier molecular flexibility index (Phi) is 5.64. The molecule has 6 nitrogen and oxygen atoms in total. The molecule has 4 rings (SSSR count). The number of carbonyl (C=O) groups excluding carboxylic acids is 2. The zero-order chi connectivity index (χ0) is 23.9. The number of allylic oxidation sites excluding steroid dienone is 1. The number of amides is 2. The maximum absolute atomic E-state index is 14.3. The lowest BCUT2D eigenvalue weighted by Crippen LogP contribution is -2.32. The number of aromatic amines is 1. The number of hydrogen-bond acceptors (Lipinski definition) is 3. The molecule has 0 saturated heterocycles. The molecular formula is C22H17F5N4O2. The fraction of sp³-hybridized carbons (Fsp3) is 0.227. The van der Waals surface area contributed by atoms with E-state index in [0.29, 0.717) is 28.2 Å². The van der Waals surface area contributed by atoms with Crippen LogP contribution in [0.5, 0.6) is 0 Å². The third-order valence-corrected chi connectivity index (χ3v) is 5.47. The van der Waals surface area contributed by atoms with E-state index in [1.165, 1.54) is 25.3 Å². The summed E-state index contributed by atoms with van der Waals surface area (Å²) in [7, 11) is 0. The number of anilines is 1. The molecule has 0 radical (unpaired) electrons. The van der Waals surface area contributed by atoms with E-state index in [9.17, 15) is 31.5 Å². The number of fused-ring (bicyclic) bond motifs is 1. The van der Waals surface area contributed by atoms with Crippen LogP contribution >= 0.6 is 0 Å². The third-order valence-electron chi connectivity index (χ3n) is 5.47. The molecule has 3 N–H and O–H groups in total. The minimum atomic E-state index is -4.86. The minimum absolute atomic E-state index is 0.0795. The number of nitrogens with one attached hydrogen (secondary N) is 3. The van der Waals surface area contributed by atoms with E-state index in [-0.39, 0.29) is 24.1 Å². The minimum Gasteiger partial charge on any atom is -0.330 e. The molecule has 0 bridgehead atoms. The molecule has 33 heavy (non-hydrogen) atoms. The molecule has 0 aliphatic carbocycles. The maximum Gasteiger partial charge on any atom is 0.419 e. The SMILES string of the molecule is CC1=C(CC(=O)Nc2cc3cn[nH]c3cc2F)C(c2ccc(C(F)(F)F)c(F)c2)CC(=O)N1. The van der Waals surface area contributed by atoms with Crippen LogP contribution in [-0.4, -0.2) is 22.0 Å². The molecule has 1 aliphatic rings. The molecule has 1 aliphatic heterocycles. The van der Waals surface area contributed by atoms with Crippen LogP contribution in [0.3, 0.4) is 0 Å². The van der Waals surface area contributed by atoms with Crippen molar-refractivity contribution in [3.8, 4) is 0 Å². The van der Waals surface area contributed by atoms with Gasteiger partial charge in [0, 0.05) is 29.5 Å². The fourth-order valence-corrected chi connectivity index (χ4v) is 3.89. The first-order valence-electron chi connectivity index (χ1n) is 9.81. The van der Waals surface area contributed by atoms with Crippen molar-refractivity contribution in [3.05, 3.63) is 70.6 Å². The lowest BCUT2D eigenvalue weighted by atomic mass is 9.82. The molecule has 1 unspecified atom stereocenters. The zero-order valence-electron chi connectivity index (χ0n) is 17.1. The second-order valence-corrected chi connectivity index (χ2v) is 7.71. The van der Waals surface area contributed by atoms with E-state index < -0.39 is 41.1 Å². The van der Waals surface area contributed by atoms with E-state index in [0.717, 1.165) is 12.1 Å². The summed E-state index contributed by atoms with van der Waals surface area (Å²) in [5, 5.41) is 12.0. The predicted molar refractivity (Wildman–Crippen MR) is 109 cm³/mol. The van der Waals surface area contributed by atoms with Gasteiger partial charge in [-0.2, -0.15) is 18.3 Å². The van der Waals surface area contributed by atoms with Crippen molar-refractivity contribution in [3.63, 3.8) is 0 Å². The number of nitrogens with zero attached hydrogens (tertiary/aromatic N) is 1. The topological polar surface area (TPSA) is 86.9 Å². The van der Waals surface area contributed by atoms with Gasteiger partial charge in [0.1, 0.15) is 11.6 Å². The lowest BCUT2D eigenvalue weighted by Gasteiger charge is -2.28. The van der Waals surface area contributed by atoms with Gasteiger partial charge in [-0.3, -0.25) is 14.7 Å². The number of rotatable bonds is 4. The first-order valence-corrected chi connectivity index (χ1v) is 9.81. The van der Waals surface area contributed by atoms with Gasteiger partial charge in [0.15, 0.2) is 0 Å². The van der Waals surface area contributed by atoms with Crippen molar-refractivity contribution in [2.75, 3.05) is 5.32 Å². The number of carbonyl (C=O) groups is 2. The zero-order valence-corrected chi connectivity index (χ0v) is 17.1. The smallest absolute Gasteiger partial charge is 0.330 e. The van der Waals surface area contributed by atoms with Gasteiger partial charge in [0.2, 0.25) is 11.8 Å². The van der Waals surface area contributed by atoms with Crippen LogP contribution in [0.15, 0.2) is 47.8 Å². The van der Waals surface area contributed by atoms with Crippen LogP contribution in [0.1, 0.15) is 36.8 Å². The molecule has 2 amide bonds. The monoisotopic (exact) mass is 464 g/mol. The molecule has 11 heteroatoms. The molecule has 0 saturated carbocycles. The first-order chi connectivity index (χ1) is 15.5. The Morgan fingerprint density at radius 2 is 1.94 bits per heavy atom. The number of halogens is 5. The van der Waals surface area contributed by atoms with Crippen LogP contribution in [0.4, 0.5) is 27.6 Å². The number of alkyl halides is 3. The highest BCUT2D eigenvalue weighted by Crippen LogP contribution is 2.38. The van der Waals surface area contributed by atoms with E-state index in [1.807, 2.05) is 0 Å². The van der Waals surface area contributed by atoms with Gasteiger partial charge in [0.05, 0.1) is 29.4 Å². The van der Waals surface area contributed by atoms with Crippen molar-refractivity contribution in [2.24, 2.45) is 0 Å². The van der Waals surface area contributed by atoms with Crippen LogP contribution in [0.25, 0.3) is 10.9 Å². The van der Waals surface area contributed by atoms with Crippen molar-refractivity contribution < 1.29 is 31.5 Å². The average molecular weight is 464 g/mol. The Morgan fingerprint density at radius 1 is 1.18 bits per heavy atom. The maximum atomic E-state index is 14.3. The average Bonchev–Trinajstić information content (AvgIpc) is 3.16. The predicted octanol–water partition coefficient (Wildman–Crippen LogP) is 4.77. The summed E-state index contributed by atoms with van der Waals surface area (Å²) in [4.78, 5) is 24.7. The number of H-pyrrole nitrogens is 1. The molecule has 172 valence electrons. The van der Waals surface area contributed by atoms with Gasteiger partial charge in [0.25, 0.3) is 0 Å². The van der Waals surface area contributed by atoms with Gasteiger partial charge in [-0.15, -0.1) is 0 Å². The largest absolute Gasteiger partial charge is 0.419 e. The normalized spacial score (nSPS) is 16.8. The molecule has 1 atom stereocenters. The Balaban J connectivity index is 1.61. The van der Waals surface area contributed by atoms with Crippen LogP contribution < -0.4 is 10.6 Å². The van der Waals surface area contributed by atoms with Gasteiger partial charge in [-0.25, -0.2) is 8.78 Å². The molecule has 0 spiro atoms. The molecular weight excluding hydrogens is 447 g/mol. The van der Waals surface area contributed by atoms with E-state index in [2.05, 4.69) is 20.8 Å². The summed E-state index contributed by atoms with van der Waals surface area (Å²) in [6, 6.07) is 5.01. The summed E-state index contributed by atoms with van der Waals surface area (Å²) >= 11 is 0. The first kappa shape index (κ1) is 22.4. The second-order valence-electron chi connectivity index (χ2n) is 7.71. The van der Waals surface area contributed by atoms with Crippen molar-refractivity contribution in [1.29, 1.82) is 0 Å². The highest BCUT2D eigenvalue weighted by molar-refractivity contribution is 5.95. The van der Waals surface area contributed by atoms with Crippen molar-refractivity contribution in [1.82, 2.24) is 15.5 Å². The van der Waals surface area contributed by atoms with E-state index >= 15 is 0 Å². The summed E-state index contributed by atoms with van der Waals surface area (Å²) < 4.78 is 67.2. The summed E-state index contributed by atoms with van der Waals surface area (Å²) in [5.41, 5.74) is -0.207. The Labute approximate surface area is 183 Å². The van der Waals surface area contributed by atoms with Gasteiger partial charge >= 0.3 is 6.18 Å². The molecule has 1 aromatic heterocycles. The lowest BCUT2D eigenvalue weighted by molar-refractivity contribution is -0.140. The third kappa shape index (κ3) is 4.57. The standard InChI is InChI=1S/C22H17F5N4O2/c1-10-13(6-21(33)30-19-5-12-9-28-31-18(12)8-17(19)24)14(7-20(32)29-10)11-2-3-15(16(23)4-11)22(25,26)27/h2-5,8-9,14H,6-7H2,1H3,(H,28,31)(H,29,32)(H,30,33). The Hall–Kier alpha value is -3.76. The molecule has 2 aromatic carbocycles. The quantitative estimate of drug-likeness (QED) is 0.487. The molecule has 3 aromatic rings. The Bertz CT molecular complexity index is 1300. The highest BCUT2D eigenvalue weighted by Gasteiger charge is 2.35. The number of benzene rings is 2.